The lowest BCUT2D eigenvalue weighted by Gasteiger charge is -2.30. The van der Waals surface area contributed by atoms with Crippen LogP contribution in [0.25, 0.3) is 10.9 Å². The third kappa shape index (κ3) is 7.34. The van der Waals surface area contributed by atoms with E-state index in [-0.39, 0.29) is 0 Å². The summed E-state index contributed by atoms with van der Waals surface area (Å²) in [5, 5.41) is 7.56. The number of anilines is 2. The second-order valence-corrected chi connectivity index (χ2v) is 11.1. The Morgan fingerprint density at radius 3 is 2.58 bits per heavy atom. The van der Waals surface area contributed by atoms with Crippen molar-refractivity contribution in [2.75, 3.05) is 43.9 Å². The van der Waals surface area contributed by atoms with Crippen LogP contribution in [0.15, 0.2) is 70.1 Å². The lowest BCUT2D eigenvalue weighted by Crippen LogP contribution is -2.36. The van der Waals surface area contributed by atoms with Crippen molar-refractivity contribution in [3.63, 3.8) is 0 Å². The number of amidine groups is 1. The molecule has 40 heavy (non-hydrogen) atoms. The standard InChI is InChI=1S/C30H33F3N6S/c1-21-17-29(35-19-21)37-40-25-10-8-22(9-11-25)34-14-4-5-24-18-26-27(36-23-12-15-38(2)16-13-23)6-3-7-28(26)39(24)20-30(31,32)33/h3,6-11,17-18,23,34,36H,12-16,19-20H2,1-2H3,(H,35,37). The van der Waals surface area contributed by atoms with E-state index >= 15 is 0 Å². The van der Waals surface area contributed by atoms with Crippen LogP contribution in [0.2, 0.25) is 0 Å². The predicted molar refractivity (Wildman–Crippen MR) is 159 cm³/mol. The van der Waals surface area contributed by atoms with Crippen molar-refractivity contribution in [3.8, 4) is 11.8 Å². The molecule has 2 aliphatic heterocycles. The van der Waals surface area contributed by atoms with Crippen LogP contribution in [0.5, 0.6) is 0 Å². The van der Waals surface area contributed by atoms with Crippen molar-refractivity contribution in [3.05, 3.63) is 65.9 Å². The second-order valence-electron chi connectivity index (χ2n) is 10.3. The lowest BCUT2D eigenvalue weighted by molar-refractivity contribution is -0.140. The Labute approximate surface area is 237 Å². The Morgan fingerprint density at radius 2 is 1.88 bits per heavy atom. The number of hydrogen-bond donors (Lipinski definition) is 3. The van der Waals surface area contributed by atoms with Crippen molar-refractivity contribution in [2.45, 2.75) is 43.4 Å². The monoisotopic (exact) mass is 566 g/mol. The first-order valence-corrected chi connectivity index (χ1v) is 14.2. The molecule has 5 rings (SSSR count). The molecule has 1 fully saturated rings. The quantitative estimate of drug-likeness (QED) is 0.237. The average Bonchev–Trinajstić information content (AvgIpc) is 3.50. The second kappa shape index (κ2) is 12.3. The number of alkyl halides is 3. The maximum Gasteiger partial charge on any atom is 0.406 e. The van der Waals surface area contributed by atoms with Crippen LogP contribution in [0, 0.1) is 11.8 Å². The summed E-state index contributed by atoms with van der Waals surface area (Å²) in [6.45, 7) is 4.00. The number of likely N-dealkylation sites (tertiary alicyclic amines) is 1. The van der Waals surface area contributed by atoms with Gasteiger partial charge in [0, 0.05) is 27.7 Å². The molecule has 10 heteroatoms. The van der Waals surface area contributed by atoms with E-state index in [9.17, 15) is 13.2 Å². The van der Waals surface area contributed by atoms with Crippen LogP contribution in [0.1, 0.15) is 25.5 Å². The molecule has 0 saturated carbocycles. The molecule has 1 saturated heterocycles. The minimum Gasteiger partial charge on any atom is -0.382 e. The SMILES string of the molecule is CC1=CC(NSc2ccc(NCC#Cc3cc4c(NC5CCN(C)CC5)cccc4n3CC(F)(F)F)cc2)=NC1. The molecule has 3 heterocycles. The number of hydrogen-bond acceptors (Lipinski definition) is 6. The average molecular weight is 567 g/mol. The van der Waals surface area contributed by atoms with Gasteiger partial charge >= 0.3 is 6.18 Å². The normalized spacial score (nSPS) is 16.3. The Morgan fingerprint density at radius 1 is 1.10 bits per heavy atom. The van der Waals surface area contributed by atoms with Gasteiger partial charge in [-0.15, -0.1) is 0 Å². The number of rotatable bonds is 7. The van der Waals surface area contributed by atoms with Crippen LogP contribution in [0.3, 0.4) is 0 Å². The predicted octanol–water partition coefficient (Wildman–Crippen LogP) is 6.13. The molecule has 2 aromatic carbocycles. The van der Waals surface area contributed by atoms with Gasteiger partial charge in [0.1, 0.15) is 12.4 Å². The summed E-state index contributed by atoms with van der Waals surface area (Å²) in [6.07, 6.45) is -0.331. The summed E-state index contributed by atoms with van der Waals surface area (Å²) in [4.78, 5) is 7.72. The fourth-order valence-corrected chi connectivity index (χ4v) is 5.48. The number of aliphatic imine (C=N–C) groups is 1. The Hall–Kier alpha value is -3.55. The number of nitrogens with zero attached hydrogens (tertiary/aromatic N) is 3. The number of nitrogens with one attached hydrogen (secondary N) is 3. The van der Waals surface area contributed by atoms with Gasteiger partial charge in [0.05, 0.1) is 24.3 Å². The van der Waals surface area contributed by atoms with Crippen molar-refractivity contribution < 1.29 is 13.2 Å². The molecule has 0 radical (unpaired) electrons. The molecule has 0 atom stereocenters. The van der Waals surface area contributed by atoms with Gasteiger partial charge in [-0.25, -0.2) is 0 Å². The van der Waals surface area contributed by atoms with E-state index in [1.807, 2.05) is 49.4 Å². The highest BCUT2D eigenvalue weighted by molar-refractivity contribution is 7.98. The van der Waals surface area contributed by atoms with Crippen molar-refractivity contribution in [1.82, 2.24) is 14.2 Å². The summed E-state index contributed by atoms with van der Waals surface area (Å²) in [6, 6.07) is 15.4. The highest BCUT2D eigenvalue weighted by atomic mass is 32.2. The van der Waals surface area contributed by atoms with E-state index in [1.165, 1.54) is 22.1 Å². The molecule has 0 amide bonds. The van der Waals surface area contributed by atoms with Crippen LogP contribution in [-0.2, 0) is 6.54 Å². The van der Waals surface area contributed by atoms with E-state index in [0.29, 0.717) is 23.8 Å². The van der Waals surface area contributed by atoms with Gasteiger partial charge < -0.3 is 24.8 Å². The highest BCUT2D eigenvalue weighted by Gasteiger charge is 2.30. The molecule has 6 nitrogen and oxygen atoms in total. The van der Waals surface area contributed by atoms with Gasteiger partial charge in [-0.3, -0.25) is 4.99 Å². The van der Waals surface area contributed by atoms with Gasteiger partial charge in [0.25, 0.3) is 0 Å². The van der Waals surface area contributed by atoms with Crippen molar-refractivity contribution >= 4 is 40.1 Å². The largest absolute Gasteiger partial charge is 0.406 e. The van der Waals surface area contributed by atoms with Gasteiger partial charge in [-0.1, -0.05) is 12.0 Å². The fourth-order valence-electron chi connectivity index (χ4n) is 4.87. The zero-order valence-corrected chi connectivity index (χ0v) is 23.4. The maximum atomic E-state index is 13.5. The summed E-state index contributed by atoms with van der Waals surface area (Å²) in [7, 11) is 2.10. The van der Waals surface area contributed by atoms with E-state index in [4.69, 9.17) is 0 Å². The number of aromatic nitrogens is 1. The third-order valence-electron chi connectivity index (χ3n) is 6.97. The molecule has 2 aliphatic rings. The maximum absolute atomic E-state index is 13.5. The molecule has 0 bridgehead atoms. The molecule has 210 valence electrons. The van der Waals surface area contributed by atoms with Gasteiger partial charge in [-0.05, 0) is 112 Å². The van der Waals surface area contributed by atoms with Gasteiger partial charge in [0.15, 0.2) is 0 Å². The zero-order chi connectivity index (χ0) is 28.1. The molecule has 0 unspecified atom stereocenters. The smallest absolute Gasteiger partial charge is 0.382 e. The van der Waals surface area contributed by atoms with E-state index in [2.05, 4.69) is 44.1 Å². The number of benzene rings is 2. The number of piperidine rings is 1. The number of halogens is 3. The molecule has 3 N–H and O–H groups in total. The van der Waals surface area contributed by atoms with E-state index in [0.717, 1.165) is 60.0 Å². The first-order chi connectivity index (χ1) is 19.2. The van der Waals surface area contributed by atoms with Crippen LogP contribution >= 0.6 is 11.9 Å². The van der Waals surface area contributed by atoms with Crippen LogP contribution in [0.4, 0.5) is 24.5 Å². The third-order valence-corrected chi connectivity index (χ3v) is 7.79. The molecular weight excluding hydrogens is 533 g/mol. The first kappa shape index (κ1) is 28.0. The van der Waals surface area contributed by atoms with E-state index in [1.54, 1.807) is 12.1 Å². The minimum atomic E-state index is -4.36. The summed E-state index contributed by atoms with van der Waals surface area (Å²) < 4.78 is 45.1. The minimum absolute atomic E-state index is 0.296. The highest BCUT2D eigenvalue weighted by Crippen LogP contribution is 2.31. The number of fused-ring (bicyclic) bond motifs is 1. The van der Waals surface area contributed by atoms with Crippen molar-refractivity contribution in [2.24, 2.45) is 4.99 Å². The van der Waals surface area contributed by atoms with Gasteiger partial charge in [0.2, 0.25) is 0 Å². The first-order valence-electron chi connectivity index (χ1n) is 13.3. The Kier molecular flexibility index (Phi) is 8.62. The van der Waals surface area contributed by atoms with E-state index < -0.39 is 12.7 Å². The Balaban J connectivity index is 1.26. The van der Waals surface area contributed by atoms with Crippen molar-refractivity contribution in [1.29, 1.82) is 0 Å². The lowest BCUT2D eigenvalue weighted by atomic mass is 10.0. The molecule has 3 aromatic rings. The molecule has 1 aromatic heterocycles. The Bertz CT molecular complexity index is 1450. The topological polar surface area (TPSA) is 56.6 Å². The summed E-state index contributed by atoms with van der Waals surface area (Å²) in [5.41, 5.74) is 3.85. The molecule has 0 aliphatic carbocycles. The van der Waals surface area contributed by atoms with Gasteiger partial charge in [-0.2, -0.15) is 13.2 Å². The molecule has 0 spiro atoms. The molecular formula is C30H33F3N6S. The van der Waals surface area contributed by atoms with Crippen LogP contribution in [-0.4, -0.2) is 60.7 Å². The fraction of sp³-hybridized carbons (Fsp3) is 0.367. The summed E-state index contributed by atoms with van der Waals surface area (Å²) >= 11 is 1.49. The van der Waals surface area contributed by atoms with Crippen LogP contribution < -0.4 is 15.4 Å². The zero-order valence-electron chi connectivity index (χ0n) is 22.6. The summed E-state index contributed by atoms with van der Waals surface area (Å²) in [5.74, 6) is 6.86.